The van der Waals surface area contributed by atoms with Crippen LogP contribution in [0.5, 0.6) is 0 Å². The van der Waals surface area contributed by atoms with Crippen molar-refractivity contribution in [3.8, 4) is 0 Å². The van der Waals surface area contributed by atoms with Gasteiger partial charge in [-0.2, -0.15) is 0 Å². The smallest absolute Gasteiger partial charge is 0.220 e. The van der Waals surface area contributed by atoms with Crippen molar-refractivity contribution in [1.82, 2.24) is 10.2 Å². The molecule has 2 aliphatic rings. The Labute approximate surface area is 128 Å². The topological polar surface area (TPSA) is 66.5 Å². The molecule has 2 rings (SSSR count). The number of nitrogens with one attached hydrogen (secondary N) is 1. The second-order valence-corrected chi connectivity index (χ2v) is 9.81. The lowest BCUT2D eigenvalue weighted by molar-refractivity contribution is -0.123. The number of carbonyl (C=O) groups excluding carboxylic acids is 1. The van der Waals surface area contributed by atoms with E-state index in [-0.39, 0.29) is 34.9 Å². The molecule has 0 saturated carbocycles. The lowest BCUT2D eigenvalue weighted by atomic mass is 9.91. The summed E-state index contributed by atoms with van der Waals surface area (Å²) in [6, 6.07) is -0.290. The molecule has 0 radical (unpaired) electrons. The van der Waals surface area contributed by atoms with Crippen LogP contribution < -0.4 is 5.32 Å². The largest absolute Gasteiger partial charge is 0.351 e. The van der Waals surface area contributed by atoms with Gasteiger partial charge in [-0.15, -0.1) is 0 Å². The van der Waals surface area contributed by atoms with Crippen LogP contribution >= 0.6 is 0 Å². The molecule has 2 fully saturated rings. The number of amides is 1. The van der Waals surface area contributed by atoms with E-state index in [1.54, 1.807) is 0 Å². The summed E-state index contributed by atoms with van der Waals surface area (Å²) in [6.07, 6.45) is 3.89. The van der Waals surface area contributed by atoms with Crippen molar-refractivity contribution >= 4 is 15.7 Å². The van der Waals surface area contributed by atoms with E-state index in [0.29, 0.717) is 6.42 Å². The highest BCUT2D eigenvalue weighted by Gasteiger charge is 2.42. The Hall–Kier alpha value is -0.620. The molecule has 0 spiro atoms. The Balaban J connectivity index is 2.02. The minimum atomic E-state index is -3.04. The molecule has 0 aliphatic carbocycles. The number of likely N-dealkylation sites (tertiary alicyclic amines) is 1. The summed E-state index contributed by atoms with van der Waals surface area (Å²) in [7, 11) is -3.04. The first-order chi connectivity index (χ1) is 9.66. The van der Waals surface area contributed by atoms with Gasteiger partial charge in [-0.05, 0) is 31.3 Å². The van der Waals surface area contributed by atoms with E-state index < -0.39 is 9.84 Å². The number of hydrogen-bond donors (Lipinski definition) is 1. The van der Waals surface area contributed by atoms with Gasteiger partial charge in [-0.25, -0.2) is 8.42 Å². The second kappa shape index (κ2) is 6.24. The van der Waals surface area contributed by atoms with Crippen LogP contribution in [0.15, 0.2) is 0 Å². The Morgan fingerprint density at radius 2 is 1.76 bits per heavy atom. The van der Waals surface area contributed by atoms with Gasteiger partial charge in [-0.1, -0.05) is 27.2 Å². The zero-order valence-electron chi connectivity index (χ0n) is 13.4. The highest BCUT2D eigenvalue weighted by atomic mass is 32.2. The maximum atomic E-state index is 12.1. The third kappa shape index (κ3) is 4.95. The summed E-state index contributed by atoms with van der Waals surface area (Å²) < 4.78 is 24.0. The van der Waals surface area contributed by atoms with Crippen molar-refractivity contribution < 1.29 is 13.2 Å². The Morgan fingerprint density at radius 3 is 2.33 bits per heavy atom. The van der Waals surface area contributed by atoms with E-state index in [1.807, 2.05) is 20.8 Å². The van der Waals surface area contributed by atoms with E-state index in [4.69, 9.17) is 0 Å². The Morgan fingerprint density at radius 1 is 1.14 bits per heavy atom. The lowest BCUT2D eigenvalue weighted by Gasteiger charge is -2.35. The number of nitrogens with zero attached hydrogens (tertiary/aromatic N) is 1. The van der Waals surface area contributed by atoms with Crippen LogP contribution in [-0.4, -0.2) is 55.9 Å². The van der Waals surface area contributed by atoms with Crippen molar-refractivity contribution in [1.29, 1.82) is 0 Å². The molecule has 6 heteroatoms. The fourth-order valence-corrected chi connectivity index (χ4v) is 5.27. The quantitative estimate of drug-likeness (QED) is 0.849. The van der Waals surface area contributed by atoms with Crippen molar-refractivity contribution in [2.45, 2.75) is 58.5 Å². The summed E-state index contributed by atoms with van der Waals surface area (Å²) in [4.78, 5) is 14.4. The predicted molar refractivity (Wildman–Crippen MR) is 83.9 cm³/mol. The fourth-order valence-electron chi connectivity index (χ4n) is 3.32. The molecular formula is C15H28N2O3S. The highest BCUT2D eigenvalue weighted by molar-refractivity contribution is 7.91. The second-order valence-electron chi connectivity index (χ2n) is 7.65. The van der Waals surface area contributed by atoms with Gasteiger partial charge in [0.1, 0.15) is 0 Å². The first kappa shape index (κ1) is 16.7. The molecular weight excluding hydrogens is 288 g/mol. The van der Waals surface area contributed by atoms with Gasteiger partial charge in [0.05, 0.1) is 17.5 Å². The fraction of sp³-hybridized carbons (Fsp3) is 0.933. The van der Waals surface area contributed by atoms with Crippen LogP contribution in [0.1, 0.15) is 46.5 Å². The third-order valence-electron chi connectivity index (χ3n) is 4.22. The van der Waals surface area contributed by atoms with Gasteiger partial charge in [0.25, 0.3) is 0 Å². The number of hydrogen-bond acceptors (Lipinski definition) is 4. The van der Waals surface area contributed by atoms with Gasteiger partial charge in [0, 0.05) is 12.5 Å². The maximum Gasteiger partial charge on any atom is 0.220 e. The van der Waals surface area contributed by atoms with Crippen LogP contribution in [0.3, 0.4) is 0 Å². The van der Waals surface area contributed by atoms with Gasteiger partial charge < -0.3 is 5.32 Å². The zero-order valence-corrected chi connectivity index (χ0v) is 14.2. The summed E-state index contributed by atoms with van der Waals surface area (Å²) in [5.74, 6) is 0.240. The van der Waals surface area contributed by atoms with Crippen LogP contribution in [0, 0.1) is 5.41 Å². The van der Waals surface area contributed by atoms with Crippen LogP contribution in [0.2, 0.25) is 0 Å². The summed E-state index contributed by atoms with van der Waals surface area (Å²) in [6.45, 7) is 7.94. The average molecular weight is 316 g/mol. The zero-order chi connectivity index (χ0) is 15.7. The van der Waals surface area contributed by atoms with Crippen LogP contribution in [0.25, 0.3) is 0 Å². The van der Waals surface area contributed by atoms with Gasteiger partial charge in [0.2, 0.25) is 5.91 Å². The number of carbonyl (C=O) groups is 1. The minimum absolute atomic E-state index is 0.0355. The number of sulfone groups is 1. The van der Waals surface area contributed by atoms with Crippen molar-refractivity contribution in [2.75, 3.05) is 24.6 Å². The molecule has 21 heavy (non-hydrogen) atoms. The standard InChI is InChI=1S/C15H28N2O3S/c1-15(2,3)9-14(18)16-12-10-21(19,20)11-13(12)17-7-5-4-6-8-17/h12-13H,4-11H2,1-3H3,(H,16,18)/t12-,13+/m0/s1. The van der Waals surface area contributed by atoms with E-state index in [9.17, 15) is 13.2 Å². The molecule has 2 atom stereocenters. The van der Waals surface area contributed by atoms with E-state index >= 15 is 0 Å². The number of rotatable bonds is 3. The van der Waals surface area contributed by atoms with E-state index in [0.717, 1.165) is 25.9 Å². The van der Waals surface area contributed by atoms with Crippen LogP contribution in [0.4, 0.5) is 0 Å². The van der Waals surface area contributed by atoms with Gasteiger partial charge in [-0.3, -0.25) is 9.69 Å². The van der Waals surface area contributed by atoms with E-state index in [2.05, 4.69) is 10.2 Å². The average Bonchev–Trinajstić information content (AvgIpc) is 2.63. The Kier molecular flexibility index (Phi) is 4.98. The molecule has 5 nitrogen and oxygen atoms in total. The molecule has 2 aliphatic heterocycles. The van der Waals surface area contributed by atoms with E-state index in [1.165, 1.54) is 6.42 Å². The molecule has 0 bridgehead atoms. The minimum Gasteiger partial charge on any atom is -0.351 e. The molecule has 1 N–H and O–H groups in total. The highest BCUT2D eigenvalue weighted by Crippen LogP contribution is 2.23. The molecule has 0 aromatic heterocycles. The van der Waals surface area contributed by atoms with Crippen molar-refractivity contribution in [3.63, 3.8) is 0 Å². The molecule has 2 heterocycles. The monoisotopic (exact) mass is 316 g/mol. The first-order valence-corrected chi connectivity index (χ1v) is 9.72. The molecule has 0 aromatic rings. The van der Waals surface area contributed by atoms with Crippen molar-refractivity contribution in [2.24, 2.45) is 5.41 Å². The van der Waals surface area contributed by atoms with Crippen LogP contribution in [-0.2, 0) is 14.6 Å². The van der Waals surface area contributed by atoms with Gasteiger partial charge >= 0.3 is 0 Å². The normalized spacial score (nSPS) is 30.2. The molecule has 0 unspecified atom stereocenters. The molecule has 122 valence electrons. The maximum absolute atomic E-state index is 12.1. The summed E-state index contributed by atoms with van der Waals surface area (Å²) >= 11 is 0. The molecule has 1 amide bonds. The summed E-state index contributed by atoms with van der Waals surface area (Å²) in [5.41, 5.74) is -0.0812. The summed E-state index contributed by atoms with van der Waals surface area (Å²) in [5, 5.41) is 2.98. The number of piperidine rings is 1. The molecule has 2 saturated heterocycles. The SMILES string of the molecule is CC(C)(C)CC(=O)N[C@H]1CS(=O)(=O)C[C@H]1N1CCCCC1. The van der Waals surface area contributed by atoms with Crippen molar-refractivity contribution in [3.05, 3.63) is 0 Å². The third-order valence-corrected chi connectivity index (χ3v) is 5.94. The lowest BCUT2D eigenvalue weighted by Crippen LogP contribution is -2.52. The molecule has 0 aromatic carbocycles. The predicted octanol–water partition coefficient (Wildman–Crippen LogP) is 1.19. The van der Waals surface area contributed by atoms with Gasteiger partial charge in [0.15, 0.2) is 9.84 Å². The first-order valence-electron chi connectivity index (χ1n) is 7.90. The Bertz CT molecular complexity index is 476.